The summed E-state index contributed by atoms with van der Waals surface area (Å²) in [5, 5.41) is 3.38. The quantitative estimate of drug-likeness (QED) is 0.705. The number of carbonyl (C=O) groups excluding carboxylic acids is 1. The van der Waals surface area contributed by atoms with Gasteiger partial charge < -0.3 is 19.7 Å². The first-order valence-electron chi connectivity index (χ1n) is 8.37. The van der Waals surface area contributed by atoms with E-state index in [1.54, 1.807) is 14.1 Å². The predicted molar refractivity (Wildman–Crippen MR) is 102 cm³/mol. The molecule has 5 heteroatoms. The van der Waals surface area contributed by atoms with Gasteiger partial charge in [-0.15, -0.1) is 6.42 Å². The largest absolute Gasteiger partial charge is 0.484 e. The number of terminal acetylenes is 1. The molecule has 5 nitrogen and oxygen atoms in total. The van der Waals surface area contributed by atoms with Gasteiger partial charge in [-0.25, -0.2) is 0 Å². The standard InChI is InChI=1S/C21H24N2O3/c1-4-12-25-20-11-6-5-9-18(20)15-22-14-17-8-7-10-19(13-17)26-16-21(24)23(2)3/h1,5-11,13,22H,12,14-16H2,2-3H3. The number of carbonyl (C=O) groups is 1. The summed E-state index contributed by atoms with van der Waals surface area (Å²) in [5.74, 6) is 3.87. The Labute approximate surface area is 154 Å². The molecule has 1 amide bonds. The molecule has 0 aliphatic carbocycles. The zero-order valence-electron chi connectivity index (χ0n) is 15.2. The average molecular weight is 352 g/mol. The van der Waals surface area contributed by atoms with E-state index in [4.69, 9.17) is 15.9 Å². The van der Waals surface area contributed by atoms with Gasteiger partial charge in [0.15, 0.2) is 6.61 Å². The number of hydrogen-bond donors (Lipinski definition) is 1. The molecule has 0 unspecified atom stereocenters. The summed E-state index contributed by atoms with van der Waals surface area (Å²) in [7, 11) is 3.41. The van der Waals surface area contributed by atoms with Crippen LogP contribution in [0, 0.1) is 12.3 Å². The maximum Gasteiger partial charge on any atom is 0.259 e. The zero-order valence-corrected chi connectivity index (χ0v) is 15.2. The molecule has 26 heavy (non-hydrogen) atoms. The van der Waals surface area contributed by atoms with Crippen molar-refractivity contribution in [2.24, 2.45) is 0 Å². The highest BCUT2D eigenvalue weighted by atomic mass is 16.5. The summed E-state index contributed by atoms with van der Waals surface area (Å²) in [6.45, 7) is 1.61. The number of rotatable bonds is 9. The first-order valence-corrected chi connectivity index (χ1v) is 8.37. The summed E-state index contributed by atoms with van der Waals surface area (Å²) < 4.78 is 11.1. The molecule has 0 aliphatic heterocycles. The Balaban J connectivity index is 1.88. The Bertz CT molecular complexity index is 766. The number of hydrogen-bond acceptors (Lipinski definition) is 4. The van der Waals surface area contributed by atoms with Crippen LogP contribution in [0.25, 0.3) is 0 Å². The van der Waals surface area contributed by atoms with Gasteiger partial charge in [0.2, 0.25) is 0 Å². The second-order valence-electron chi connectivity index (χ2n) is 5.93. The molecule has 0 radical (unpaired) electrons. The maximum atomic E-state index is 11.6. The molecule has 0 spiro atoms. The summed E-state index contributed by atoms with van der Waals surface area (Å²) >= 11 is 0. The molecule has 0 atom stereocenters. The van der Waals surface area contributed by atoms with Crippen LogP contribution in [0.1, 0.15) is 11.1 Å². The minimum absolute atomic E-state index is 0.0315. The van der Waals surface area contributed by atoms with Gasteiger partial charge in [-0.3, -0.25) is 4.79 Å². The fourth-order valence-corrected chi connectivity index (χ4v) is 2.27. The molecular weight excluding hydrogens is 328 g/mol. The van der Waals surface area contributed by atoms with Crippen LogP contribution in [0.4, 0.5) is 0 Å². The SMILES string of the molecule is C#CCOc1ccccc1CNCc1cccc(OCC(=O)N(C)C)c1. The number of benzene rings is 2. The van der Waals surface area contributed by atoms with Crippen LogP contribution in [-0.2, 0) is 17.9 Å². The minimum atomic E-state index is -0.0721. The molecule has 2 aromatic rings. The molecule has 2 aromatic carbocycles. The van der Waals surface area contributed by atoms with Crippen molar-refractivity contribution in [3.63, 3.8) is 0 Å². The number of para-hydroxylation sites is 1. The Morgan fingerprint density at radius 3 is 2.69 bits per heavy atom. The van der Waals surface area contributed by atoms with Gasteiger partial charge in [0.1, 0.15) is 18.1 Å². The number of nitrogens with zero attached hydrogens (tertiary/aromatic N) is 1. The molecule has 0 saturated carbocycles. The van der Waals surface area contributed by atoms with Crippen molar-refractivity contribution in [1.29, 1.82) is 0 Å². The number of amides is 1. The van der Waals surface area contributed by atoms with E-state index < -0.39 is 0 Å². The lowest BCUT2D eigenvalue weighted by molar-refractivity contribution is -0.130. The summed E-state index contributed by atoms with van der Waals surface area (Å²) in [4.78, 5) is 13.1. The van der Waals surface area contributed by atoms with Gasteiger partial charge in [-0.05, 0) is 23.8 Å². The third-order valence-corrected chi connectivity index (χ3v) is 3.69. The molecule has 0 aromatic heterocycles. The van der Waals surface area contributed by atoms with E-state index in [-0.39, 0.29) is 19.1 Å². The topological polar surface area (TPSA) is 50.8 Å². The molecule has 0 saturated heterocycles. The Morgan fingerprint density at radius 1 is 1.12 bits per heavy atom. The van der Waals surface area contributed by atoms with E-state index in [1.807, 2.05) is 48.5 Å². The lowest BCUT2D eigenvalue weighted by Gasteiger charge is -2.13. The van der Waals surface area contributed by atoms with Crippen LogP contribution >= 0.6 is 0 Å². The number of ether oxygens (including phenoxy) is 2. The van der Waals surface area contributed by atoms with Crippen LogP contribution in [0.2, 0.25) is 0 Å². The van der Waals surface area contributed by atoms with E-state index in [1.165, 1.54) is 4.90 Å². The predicted octanol–water partition coefficient (Wildman–Crippen LogP) is 2.46. The lowest BCUT2D eigenvalue weighted by atomic mass is 10.2. The van der Waals surface area contributed by atoms with Gasteiger partial charge >= 0.3 is 0 Å². The second-order valence-corrected chi connectivity index (χ2v) is 5.93. The molecule has 0 bridgehead atoms. The third-order valence-electron chi connectivity index (χ3n) is 3.69. The molecular formula is C21H24N2O3. The van der Waals surface area contributed by atoms with Gasteiger partial charge in [-0.1, -0.05) is 36.3 Å². The van der Waals surface area contributed by atoms with Crippen molar-refractivity contribution >= 4 is 5.91 Å². The van der Waals surface area contributed by atoms with Crippen LogP contribution in [0.5, 0.6) is 11.5 Å². The normalized spacial score (nSPS) is 10.0. The van der Waals surface area contributed by atoms with E-state index in [0.29, 0.717) is 18.8 Å². The van der Waals surface area contributed by atoms with Crippen molar-refractivity contribution in [2.75, 3.05) is 27.3 Å². The Hall–Kier alpha value is -2.97. The van der Waals surface area contributed by atoms with E-state index >= 15 is 0 Å². The van der Waals surface area contributed by atoms with E-state index in [2.05, 4.69) is 11.2 Å². The fraction of sp³-hybridized carbons (Fsp3) is 0.286. The van der Waals surface area contributed by atoms with Crippen molar-refractivity contribution in [3.8, 4) is 23.8 Å². The van der Waals surface area contributed by atoms with Gasteiger partial charge in [0.05, 0.1) is 0 Å². The minimum Gasteiger partial charge on any atom is -0.484 e. The number of likely N-dealkylation sites (N-methyl/N-ethyl adjacent to an activating group) is 1. The van der Waals surface area contributed by atoms with Gasteiger partial charge in [-0.2, -0.15) is 0 Å². The van der Waals surface area contributed by atoms with Crippen molar-refractivity contribution in [1.82, 2.24) is 10.2 Å². The highest BCUT2D eigenvalue weighted by Crippen LogP contribution is 2.18. The van der Waals surface area contributed by atoms with Crippen molar-refractivity contribution in [2.45, 2.75) is 13.1 Å². The van der Waals surface area contributed by atoms with Crippen LogP contribution < -0.4 is 14.8 Å². The Morgan fingerprint density at radius 2 is 1.92 bits per heavy atom. The second kappa shape index (κ2) is 10.1. The fourth-order valence-electron chi connectivity index (χ4n) is 2.27. The first kappa shape index (κ1) is 19.4. The summed E-state index contributed by atoms with van der Waals surface area (Å²) in [5.41, 5.74) is 2.12. The monoisotopic (exact) mass is 352 g/mol. The Kier molecular flexibility index (Phi) is 7.53. The number of nitrogens with one attached hydrogen (secondary N) is 1. The van der Waals surface area contributed by atoms with Gasteiger partial charge in [0, 0.05) is 32.7 Å². The molecule has 0 fully saturated rings. The maximum absolute atomic E-state index is 11.6. The molecule has 0 aliphatic rings. The lowest BCUT2D eigenvalue weighted by Crippen LogP contribution is -2.27. The highest BCUT2D eigenvalue weighted by Gasteiger charge is 2.06. The zero-order chi connectivity index (χ0) is 18.8. The van der Waals surface area contributed by atoms with Crippen molar-refractivity contribution in [3.05, 3.63) is 59.7 Å². The average Bonchev–Trinajstić information content (AvgIpc) is 2.65. The molecule has 1 N–H and O–H groups in total. The van der Waals surface area contributed by atoms with Crippen molar-refractivity contribution < 1.29 is 14.3 Å². The summed E-state index contributed by atoms with van der Waals surface area (Å²) in [6.07, 6.45) is 5.25. The summed E-state index contributed by atoms with van der Waals surface area (Å²) in [6, 6.07) is 15.5. The van der Waals surface area contributed by atoms with Crippen LogP contribution in [0.15, 0.2) is 48.5 Å². The van der Waals surface area contributed by atoms with E-state index in [9.17, 15) is 4.79 Å². The van der Waals surface area contributed by atoms with E-state index in [0.717, 1.165) is 16.9 Å². The third kappa shape index (κ3) is 6.15. The molecule has 2 rings (SSSR count). The molecule has 136 valence electrons. The van der Waals surface area contributed by atoms with Crippen LogP contribution in [-0.4, -0.2) is 38.1 Å². The van der Waals surface area contributed by atoms with Crippen LogP contribution in [0.3, 0.4) is 0 Å². The molecule has 0 heterocycles. The first-order chi connectivity index (χ1) is 12.6. The highest BCUT2D eigenvalue weighted by molar-refractivity contribution is 5.77. The van der Waals surface area contributed by atoms with Gasteiger partial charge in [0.25, 0.3) is 5.91 Å². The smallest absolute Gasteiger partial charge is 0.259 e.